The molecule has 4 rings (SSSR count). The first-order chi connectivity index (χ1) is 23.7. The van der Waals surface area contributed by atoms with Gasteiger partial charge in [0.1, 0.15) is 0 Å². The van der Waals surface area contributed by atoms with Crippen LogP contribution in [0, 0.1) is 0 Å². The number of hydrogen-bond acceptors (Lipinski definition) is 4. The van der Waals surface area contributed by atoms with Crippen LogP contribution in [0.1, 0.15) is 59.8 Å². The molecule has 0 aliphatic rings. The summed E-state index contributed by atoms with van der Waals surface area (Å²) >= 11 is 0. The van der Waals surface area contributed by atoms with Crippen LogP contribution in [-0.2, 0) is 0 Å². The highest BCUT2D eigenvalue weighted by molar-refractivity contribution is 5.85. The molecule has 0 unspecified atom stereocenters. The van der Waals surface area contributed by atoms with Gasteiger partial charge < -0.3 is 31.9 Å². The summed E-state index contributed by atoms with van der Waals surface area (Å²) in [5, 5.41) is 19.0. The first-order valence-electron chi connectivity index (χ1n) is 17.4. The Labute approximate surface area is 310 Å². The number of amides is 4. The van der Waals surface area contributed by atoms with Crippen molar-refractivity contribution in [2.75, 3.05) is 52.4 Å². The Morgan fingerprint density at radius 1 is 0.380 bits per heavy atom. The maximum atomic E-state index is 12.4. The van der Waals surface area contributed by atoms with Gasteiger partial charge >= 0.3 is 12.1 Å². The molecule has 0 fully saturated rings. The van der Waals surface area contributed by atoms with Gasteiger partial charge in [0.2, 0.25) is 0 Å². The molecule has 4 aromatic rings. The number of halogens is 2. The van der Waals surface area contributed by atoms with Crippen molar-refractivity contribution in [2.45, 2.75) is 37.5 Å². The van der Waals surface area contributed by atoms with Crippen LogP contribution in [0.4, 0.5) is 9.59 Å². The molecule has 0 spiro atoms. The number of nitrogens with one attached hydrogen (secondary N) is 6. The van der Waals surface area contributed by atoms with E-state index >= 15 is 0 Å². The Bertz CT molecular complexity index is 1250. The quantitative estimate of drug-likeness (QED) is 0.0531. The summed E-state index contributed by atoms with van der Waals surface area (Å²) in [6.07, 6.45) is 3.94. The summed E-state index contributed by atoms with van der Waals surface area (Å²) in [4.78, 5) is 24.8. The fourth-order valence-corrected chi connectivity index (χ4v) is 5.69. The summed E-state index contributed by atoms with van der Waals surface area (Å²) in [6.45, 7) is 6.01. The zero-order chi connectivity index (χ0) is 33.5. The second kappa shape index (κ2) is 25.8. The van der Waals surface area contributed by atoms with Gasteiger partial charge in [0.15, 0.2) is 0 Å². The van der Waals surface area contributed by atoms with Gasteiger partial charge in [0.05, 0.1) is 0 Å². The molecular weight excluding hydrogens is 667 g/mol. The molecule has 0 saturated heterocycles. The van der Waals surface area contributed by atoms with Crippen LogP contribution >= 0.6 is 24.8 Å². The second-order valence-corrected chi connectivity index (χ2v) is 11.9. The Morgan fingerprint density at radius 3 is 0.960 bits per heavy atom. The van der Waals surface area contributed by atoms with Crippen LogP contribution in [0.5, 0.6) is 0 Å². The van der Waals surface area contributed by atoms with E-state index in [2.05, 4.69) is 80.4 Å². The van der Waals surface area contributed by atoms with Gasteiger partial charge in [0.25, 0.3) is 0 Å². The molecule has 0 bridgehead atoms. The summed E-state index contributed by atoms with van der Waals surface area (Å²) in [5.41, 5.74) is 4.75. The van der Waals surface area contributed by atoms with Gasteiger partial charge in [-0.2, -0.15) is 0 Å². The Kier molecular flexibility index (Phi) is 21.7. The minimum absolute atomic E-state index is 0. The monoisotopic (exact) mass is 720 g/mol. The average molecular weight is 722 g/mol. The second-order valence-electron chi connectivity index (χ2n) is 11.9. The SMILES string of the molecule is Cl.Cl.O=C(NCCCNCCCCNCCCNC(=O)NCC(c1ccccc1)c1ccccc1)NCC(c1ccccc1)c1ccccc1. The molecule has 8 nitrogen and oxygen atoms in total. The van der Waals surface area contributed by atoms with Gasteiger partial charge in [-0.05, 0) is 74.1 Å². The van der Waals surface area contributed by atoms with Crippen LogP contribution in [0.3, 0.4) is 0 Å². The lowest BCUT2D eigenvalue weighted by Gasteiger charge is -2.19. The van der Waals surface area contributed by atoms with E-state index in [4.69, 9.17) is 0 Å². The van der Waals surface area contributed by atoms with Crippen molar-refractivity contribution < 1.29 is 9.59 Å². The van der Waals surface area contributed by atoms with Crippen LogP contribution in [0.15, 0.2) is 121 Å². The predicted molar refractivity (Wildman–Crippen MR) is 211 cm³/mol. The number of benzene rings is 4. The fourth-order valence-electron chi connectivity index (χ4n) is 5.69. The van der Waals surface area contributed by atoms with Crippen molar-refractivity contribution in [3.05, 3.63) is 144 Å². The molecule has 4 aromatic carbocycles. The molecule has 4 amide bonds. The van der Waals surface area contributed by atoms with E-state index in [-0.39, 0.29) is 48.7 Å². The summed E-state index contributed by atoms with van der Waals surface area (Å²) < 4.78 is 0. The Morgan fingerprint density at radius 2 is 0.660 bits per heavy atom. The van der Waals surface area contributed by atoms with E-state index in [1.165, 1.54) is 22.3 Å². The zero-order valence-electron chi connectivity index (χ0n) is 28.8. The van der Waals surface area contributed by atoms with E-state index in [0.29, 0.717) is 26.2 Å². The normalized spacial score (nSPS) is 10.5. The lowest BCUT2D eigenvalue weighted by atomic mass is 9.91. The van der Waals surface area contributed by atoms with Crippen LogP contribution in [0.25, 0.3) is 0 Å². The van der Waals surface area contributed by atoms with Crippen molar-refractivity contribution in [2.24, 2.45) is 0 Å². The van der Waals surface area contributed by atoms with Gasteiger partial charge in [0, 0.05) is 38.0 Å². The molecule has 0 heterocycles. The zero-order valence-corrected chi connectivity index (χ0v) is 30.5. The molecule has 0 aromatic heterocycles. The molecule has 270 valence electrons. The minimum atomic E-state index is -0.131. The van der Waals surface area contributed by atoms with E-state index in [1.54, 1.807) is 0 Å². The smallest absolute Gasteiger partial charge is 0.314 e. The minimum Gasteiger partial charge on any atom is -0.338 e. The molecule has 6 N–H and O–H groups in total. The molecule has 0 atom stereocenters. The predicted octanol–water partition coefficient (Wildman–Crippen LogP) is 6.83. The lowest BCUT2D eigenvalue weighted by molar-refractivity contribution is 0.239. The number of rotatable bonds is 21. The van der Waals surface area contributed by atoms with Gasteiger partial charge in [-0.3, -0.25) is 0 Å². The first kappa shape index (κ1) is 42.1. The van der Waals surface area contributed by atoms with Crippen molar-refractivity contribution >= 4 is 36.9 Å². The standard InChI is InChI=1S/C40H52N6O2.2ClH/c47-39(45-31-37(33-17-5-1-6-18-33)34-19-7-2-8-20-34)43-29-15-27-41-25-13-14-26-42-28-16-30-44-40(48)46-32-38(35-21-9-3-10-22-35)36-23-11-4-12-24-36;;/h1-12,17-24,37-38,41-42H,13-16,25-32H2,(H2,43,45,47)(H2,44,46,48);2*1H. The molecule has 0 saturated carbocycles. The summed E-state index contributed by atoms with van der Waals surface area (Å²) in [5.74, 6) is 0.225. The lowest BCUT2D eigenvalue weighted by Crippen LogP contribution is -2.39. The summed E-state index contributed by atoms with van der Waals surface area (Å²) in [6, 6.07) is 40.9. The Balaban J connectivity index is 0.00000433. The first-order valence-corrected chi connectivity index (χ1v) is 17.4. The Hall–Kier alpha value is -4.08. The van der Waals surface area contributed by atoms with E-state index < -0.39 is 0 Å². The number of unbranched alkanes of at least 4 members (excludes halogenated alkanes) is 1. The molecule has 10 heteroatoms. The van der Waals surface area contributed by atoms with E-state index in [1.807, 2.05) is 72.8 Å². The third kappa shape index (κ3) is 16.1. The van der Waals surface area contributed by atoms with E-state index in [9.17, 15) is 9.59 Å². The topological polar surface area (TPSA) is 106 Å². The van der Waals surface area contributed by atoms with Crippen LogP contribution in [0.2, 0.25) is 0 Å². The fraction of sp³-hybridized carbons (Fsp3) is 0.350. The largest absolute Gasteiger partial charge is 0.338 e. The number of hydrogen-bond donors (Lipinski definition) is 6. The molecule has 0 aliphatic carbocycles. The average Bonchev–Trinajstić information content (AvgIpc) is 3.13. The van der Waals surface area contributed by atoms with E-state index in [0.717, 1.165) is 51.9 Å². The summed E-state index contributed by atoms with van der Waals surface area (Å²) in [7, 11) is 0. The highest BCUT2D eigenvalue weighted by Gasteiger charge is 2.16. The van der Waals surface area contributed by atoms with Crippen molar-refractivity contribution in [1.29, 1.82) is 0 Å². The molecule has 0 radical (unpaired) electrons. The van der Waals surface area contributed by atoms with Crippen molar-refractivity contribution in [1.82, 2.24) is 31.9 Å². The van der Waals surface area contributed by atoms with Gasteiger partial charge in [-0.1, -0.05) is 121 Å². The maximum absolute atomic E-state index is 12.4. The molecule has 0 aliphatic heterocycles. The third-order valence-electron chi connectivity index (χ3n) is 8.33. The van der Waals surface area contributed by atoms with Crippen molar-refractivity contribution in [3.8, 4) is 0 Å². The highest BCUT2D eigenvalue weighted by atomic mass is 35.5. The van der Waals surface area contributed by atoms with Gasteiger partial charge in [-0.25, -0.2) is 9.59 Å². The third-order valence-corrected chi connectivity index (χ3v) is 8.33. The highest BCUT2D eigenvalue weighted by Crippen LogP contribution is 2.24. The van der Waals surface area contributed by atoms with Crippen LogP contribution < -0.4 is 31.9 Å². The number of urea groups is 2. The maximum Gasteiger partial charge on any atom is 0.314 e. The molecule has 50 heavy (non-hydrogen) atoms. The number of carbonyl (C=O) groups is 2. The number of carbonyl (C=O) groups excluding carboxylic acids is 2. The van der Waals surface area contributed by atoms with Crippen molar-refractivity contribution in [3.63, 3.8) is 0 Å². The van der Waals surface area contributed by atoms with Gasteiger partial charge in [-0.15, -0.1) is 24.8 Å². The molecular formula is C40H54Cl2N6O2. The van der Waals surface area contributed by atoms with Crippen LogP contribution in [-0.4, -0.2) is 64.4 Å².